The maximum absolute atomic E-state index is 11.9. The average molecular weight is 200 g/mol. The van der Waals surface area contributed by atoms with Gasteiger partial charge in [-0.15, -0.1) is 0 Å². The van der Waals surface area contributed by atoms with Crippen LogP contribution < -0.4 is 4.74 Å². The van der Waals surface area contributed by atoms with Gasteiger partial charge in [0.15, 0.2) is 11.5 Å². The third-order valence-corrected chi connectivity index (χ3v) is 1.74. The Labute approximate surface area is 77.1 Å². The van der Waals surface area contributed by atoms with E-state index in [-0.39, 0.29) is 17.0 Å². The first-order valence-corrected chi connectivity index (χ1v) is 3.78. The maximum atomic E-state index is 11.9. The molecule has 0 aliphatic heterocycles. The quantitative estimate of drug-likeness (QED) is 0.777. The lowest BCUT2D eigenvalue weighted by molar-refractivity contribution is -0.0511. The van der Waals surface area contributed by atoms with Crippen molar-refractivity contribution in [3.8, 4) is 11.5 Å². The van der Waals surface area contributed by atoms with Crippen LogP contribution in [0.25, 0.3) is 11.0 Å². The Morgan fingerprint density at radius 2 is 2.21 bits per heavy atom. The number of nitrogens with one attached hydrogen (secondary N) is 1. The van der Waals surface area contributed by atoms with Crippen molar-refractivity contribution in [3.05, 3.63) is 18.5 Å². The zero-order valence-electron chi connectivity index (χ0n) is 6.87. The van der Waals surface area contributed by atoms with Crippen LogP contribution in [-0.2, 0) is 0 Å². The Kier molecular flexibility index (Phi) is 1.95. The topological polar surface area (TPSA) is 58.1 Å². The molecule has 2 aromatic rings. The number of hydrogen-bond acceptors (Lipinski definition) is 3. The van der Waals surface area contributed by atoms with E-state index in [0.717, 1.165) is 0 Å². The number of benzene rings is 1. The van der Waals surface area contributed by atoms with Gasteiger partial charge in [-0.3, -0.25) is 0 Å². The number of alkyl halides is 2. The standard InChI is InChI=1S/C8H6F2N2O2/c9-8(10)14-5-2-1-4-6(7(5)13)12-3-11-4/h1-3,8,13H,(H,11,12). The van der Waals surface area contributed by atoms with Crippen LogP contribution in [0.3, 0.4) is 0 Å². The molecule has 0 unspecified atom stereocenters. The van der Waals surface area contributed by atoms with E-state index in [0.29, 0.717) is 5.52 Å². The van der Waals surface area contributed by atoms with Crippen molar-refractivity contribution in [1.82, 2.24) is 9.97 Å². The van der Waals surface area contributed by atoms with Gasteiger partial charge in [0, 0.05) is 0 Å². The Balaban J connectivity index is 2.51. The Morgan fingerprint density at radius 3 is 2.93 bits per heavy atom. The smallest absolute Gasteiger partial charge is 0.387 e. The second-order valence-corrected chi connectivity index (χ2v) is 2.59. The van der Waals surface area contributed by atoms with Crippen molar-refractivity contribution in [1.29, 1.82) is 0 Å². The van der Waals surface area contributed by atoms with Crippen molar-refractivity contribution in [2.24, 2.45) is 0 Å². The lowest BCUT2D eigenvalue weighted by Gasteiger charge is -2.05. The van der Waals surface area contributed by atoms with E-state index in [2.05, 4.69) is 14.7 Å². The first-order chi connectivity index (χ1) is 6.68. The van der Waals surface area contributed by atoms with Crippen LogP contribution in [0.1, 0.15) is 0 Å². The highest BCUT2D eigenvalue weighted by molar-refractivity contribution is 5.83. The minimum absolute atomic E-state index is 0.211. The van der Waals surface area contributed by atoms with Gasteiger partial charge in [0.2, 0.25) is 0 Å². The molecule has 2 rings (SSSR count). The zero-order valence-corrected chi connectivity index (χ0v) is 6.87. The number of ether oxygens (including phenoxy) is 1. The van der Waals surface area contributed by atoms with E-state index >= 15 is 0 Å². The number of aromatic nitrogens is 2. The molecule has 74 valence electrons. The third kappa shape index (κ3) is 1.34. The predicted octanol–water partition coefficient (Wildman–Crippen LogP) is 1.87. The van der Waals surface area contributed by atoms with E-state index in [1.165, 1.54) is 18.5 Å². The number of halogens is 2. The molecule has 0 saturated heterocycles. The summed E-state index contributed by atoms with van der Waals surface area (Å²) in [6.07, 6.45) is 1.36. The lowest BCUT2D eigenvalue weighted by Crippen LogP contribution is -2.01. The summed E-state index contributed by atoms with van der Waals surface area (Å²) in [5, 5.41) is 9.45. The highest BCUT2D eigenvalue weighted by Crippen LogP contribution is 2.33. The fourth-order valence-electron chi connectivity index (χ4n) is 1.17. The minimum atomic E-state index is -2.96. The van der Waals surface area contributed by atoms with E-state index in [1.54, 1.807) is 0 Å². The normalized spacial score (nSPS) is 11.1. The van der Waals surface area contributed by atoms with Crippen LogP contribution in [0.2, 0.25) is 0 Å². The summed E-state index contributed by atoms with van der Waals surface area (Å²) in [5.74, 6) is -0.663. The highest BCUT2D eigenvalue weighted by Gasteiger charge is 2.12. The number of phenols is 1. The molecule has 1 aromatic carbocycles. The number of imidazole rings is 1. The maximum Gasteiger partial charge on any atom is 0.387 e. The van der Waals surface area contributed by atoms with Gasteiger partial charge in [0.25, 0.3) is 0 Å². The second kappa shape index (κ2) is 3.13. The van der Waals surface area contributed by atoms with Crippen molar-refractivity contribution in [2.45, 2.75) is 6.61 Å². The van der Waals surface area contributed by atoms with Gasteiger partial charge in [0.05, 0.1) is 11.8 Å². The largest absolute Gasteiger partial charge is 0.503 e. The highest BCUT2D eigenvalue weighted by atomic mass is 19.3. The molecule has 0 bridgehead atoms. The van der Waals surface area contributed by atoms with Crippen molar-refractivity contribution >= 4 is 11.0 Å². The summed E-state index contributed by atoms with van der Waals surface area (Å²) in [5.41, 5.74) is 0.771. The van der Waals surface area contributed by atoms with Crippen LogP contribution >= 0.6 is 0 Å². The number of phenolic OH excluding ortho intramolecular Hbond substituents is 1. The van der Waals surface area contributed by atoms with Gasteiger partial charge in [-0.05, 0) is 12.1 Å². The van der Waals surface area contributed by atoms with Gasteiger partial charge >= 0.3 is 6.61 Å². The van der Waals surface area contributed by atoms with Crippen molar-refractivity contribution in [2.75, 3.05) is 0 Å². The lowest BCUT2D eigenvalue weighted by atomic mass is 10.3. The van der Waals surface area contributed by atoms with Crippen molar-refractivity contribution in [3.63, 3.8) is 0 Å². The molecule has 6 heteroatoms. The van der Waals surface area contributed by atoms with Crippen molar-refractivity contribution < 1.29 is 18.6 Å². The number of rotatable bonds is 2. The fourth-order valence-corrected chi connectivity index (χ4v) is 1.17. The molecule has 0 fully saturated rings. The Bertz CT molecular complexity index is 456. The zero-order chi connectivity index (χ0) is 10.1. The molecule has 0 atom stereocenters. The number of aromatic amines is 1. The Hall–Kier alpha value is -1.85. The minimum Gasteiger partial charge on any atom is -0.503 e. The number of nitrogens with zero attached hydrogens (tertiary/aromatic N) is 1. The first kappa shape index (κ1) is 8.74. The van der Waals surface area contributed by atoms with Gasteiger partial charge in [-0.1, -0.05) is 0 Å². The second-order valence-electron chi connectivity index (χ2n) is 2.59. The molecule has 1 aromatic heterocycles. The molecule has 4 nitrogen and oxygen atoms in total. The molecule has 0 amide bonds. The molecule has 1 heterocycles. The van der Waals surface area contributed by atoms with Crippen LogP contribution in [0.5, 0.6) is 11.5 Å². The fraction of sp³-hybridized carbons (Fsp3) is 0.125. The molecule has 0 aliphatic rings. The van der Waals surface area contributed by atoms with Gasteiger partial charge in [-0.25, -0.2) is 4.98 Å². The van der Waals surface area contributed by atoms with Gasteiger partial charge in [-0.2, -0.15) is 8.78 Å². The molecule has 0 saturated carbocycles. The van der Waals surface area contributed by atoms with E-state index in [1.807, 2.05) is 0 Å². The average Bonchev–Trinajstić information content (AvgIpc) is 2.57. The summed E-state index contributed by atoms with van der Waals surface area (Å²) in [7, 11) is 0. The summed E-state index contributed by atoms with van der Waals surface area (Å²) in [6, 6.07) is 2.75. The molecule has 0 spiro atoms. The van der Waals surface area contributed by atoms with E-state index in [9.17, 15) is 13.9 Å². The molecule has 2 N–H and O–H groups in total. The summed E-state index contributed by atoms with van der Waals surface area (Å²) in [4.78, 5) is 6.48. The number of fused-ring (bicyclic) bond motifs is 1. The van der Waals surface area contributed by atoms with E-state index < -0.39 is 6.61 Å². The molecular weight excluding hydrogens is 194 g/mol. The first-order valence-electron chi connectivity index (χ1n) is 3.78. The SMILES string of the molecule is Oc1c(OC(F)F)ccc2[nH]cnc12. The third-order valence-electron chi connectivity index (χ3n) is 1.74. The van der Waals surface area contributed by atoms with Crippen LogP contribution in [0, 0.1) is 0 Å². The summed E-state index contributed by atoms with van der Waals surface area (Å²) >= 11 is 0. The predicted molar refractivity (Wildman–Crippen MR) is 44.4 cm³/mol. The van der Waals surface area contributed by atoms with Gasteiger partial charge < -0.3 is 14.8 Å². The summed E-state index contributed by atoms with van der Waals surface area (Å²) < 4.78 is 27.8. The molecule has 0 aliphatic carbocycles. The van der Waals surface area contributed by atoms with Crippen LogP contribution in [-0.4, -0.2) is 21.7 Å². The molecule has 14 heavy (non-hydrogen) atoms. The molecular formula is C8H6F2N2O2. The van der Waals surface area contributed by atoms with Crippen LogP contribution in [0.15, 0.2) is 18.5 Å². The van der Waals surface area contributed by atoms with E-state index in [4.69, 9.17) is 0 Å². The van der Waals surface area contributed by atoms with Gasteiger partial charge in [0.1, 0.15) is 5.52 Å². The number of aromatic hydroxyl groups is 1. The Morgan fingerprint density at radius 1 is 1.43 bits per heavy atom. The van der Waals surface area contributed by atoms with Crippen LogP contribution in [0.4, 0.5) is 8.78 Å². The monoisotopic (exact) mass is 200 g/mol. The summed E-state index contributed by atoms with van der Waals surface area (Å²) in [6.45, 7) is -2.96. The number of H-pyrrole nitrogens is 1. The number of hydrogen-bond donors (Lipinski definition) is 2. The molecule has 0 radical (unpaired) electrons.